The van der Waals surface area contributed by atoms with Gasteiger partial charge < -0.3 is 19.9 Å². The normalized spacial score (nSPS) is 14.1. The zero-order valence-corrected chi connectivity index (χ0v) is 18.1. The van der Waals surface area contributed by atoms with Gasteiger partial charge in [-0.15, -0.1) is 0 Å². The number of aromatic nitrogens is 2. The highest BCUT2D eigenvalue weighted by molar-refractivity contribution is 5.94. The largest absolute Gasteiger partial charge is 0.494 e. The number of methoxy groups -OCH3 is 1. The highest BCUT2D eigenvalue weighted by Gasteiger charge is 2.30. The van der Waals surface area contributed by atoms with Crippen molar-refractivity contribution < 1.29 is 27.1 Å². The Balaban J connectivity index is 1.38. The molecule has 7 nitrogen and oxygen atoms in total. The monoisotopic (exact) mass is 475 g/mol. The lowest BCUT2D eigenvalue weighted by Crippen LogP contribution is -2.49. The predicted octanol–water partition coefficient (Wildman–Crippen LogP) is 4.35. The minimum absolute atomic E-state index is 0.0749. The van der Waals surface area contributed by atoms with Crippen molar-refractivity contribution in [2.45, 2.75) is 6.18 Å². The molecule has 4 rings (SSSR count). The topological polar surface area (TPSA) is 70.6 Å². The summed E-state index contributed by atoms with van der Waals surface area (Å²) in [5.41, 5.74) is -0.0252. The smallest absolute Gasteiger partial charge is 0.416 e. The molecule has 0 atom stereocenters. The molecule has 0 spiro atoms. The predicted molar refractivity (Wildman–Crippen MR) is 118 cm³/mol. The van der Waals surface area contributed by atoms with Gasteiger partial charge in [0.15, 0.2) is 11.6 Å². The molecule has 2 aromatic carbocycles. The molecule has 2 heterocycles. The number of hydrogen-bond donors (Lipinski definition) is 1. The van der Waals surface area contributed by atoms with Crippen LogP contribution in [0.3, 0.4) is 0 Å². The number of benzene rings is 2. The van der Waals surface area contributed by atoms with Gasteiger partial charge in [-0.2, -0.15) is 13.2 Å². The van der Waals surface area contributed by atoms with Gasteiger partial charge >= 0.3 is 6.18 Å². The van der Waals surface area contributed by atoms with Crippen LogP contribution in [0, 0.1) is 5.82 Å². The van der Waals surface area contributed by atoms with Gasteiger partial charge in [0, 0.05) is 43.5 Å². The fourth-order valence-electron chi connectivity index (χ4n) is 3.60. The first kappa shape index (κ1) is 23.3. The first-order valence-electron chi connectivity index (χ1n) is 10.4. The van der Waals surface area contributed by atoms with Crippen LogP contribution in [0.5, 0.6) is 5.75 Å². The van der Waals surface area contributed by atoms with Crippen molar-refractivity contribution in [2.75, 3.05) is 43.5 Å². The van der Waals surface area contributed by atoms with Crippen LogP contribution in [0.25, 0.3) is 0 Å². The minimum Gasteiger partial charge on any atom is -0.494 e. The van der Waals surface area contributed by atoms with Crippen LogP contribution in [0.15, 0.2) is 54.9 Å². The number of halogens is 4. The van der Waals surface area contributed by atoms with Crippen LogP contribution in [-0.4, -0.2) is 54.1 Å². The Kier molecular flexibility index (Phi) is 6.53. The molecule has 1 aliphatic rings. The Morgan fingerprint density at radius 1 is 1.00 bits per heavy atom. The molecule has 1 saturated heterocycles. The molecule has 34 heavy (non-hydrogen) atoms. The number of nitrogens with zero attached hydrogens (tertiary/aromatic N) is 4. The number of anilines is 3. The summed E-state index contributed by atoms with van der Waals surface area (Å²) < 4.78 is 57.0. The quantitative estimate of drug-likeness (QED) is 0.554. The SMILES string of the molecule is COc1ccc(C(=O)N2CCN(c3cc(Nc4ccc(C(F)(F)F)cc4)ncn3)CC2)cc1F. The summed E-state index contributed by atoms with van der Waals surface area (Å²) in [5.74, 6) is 0.254. The number of carbonyl (C=O) groups excluding carboxylic acids is 1. The van der Waals surface area contributed by atoms with Crippen LogP contribution < -0.4 is 15.0 Å². The molecule has 1 amide bonds. The third-order valence-corrected chi connectivity index (χ3v) is 5.43. The maximum absolute atomic E-state index is 14.0. The van der Waals surface area contributed by atoms with Crippen LogP contribution in [0.1, 0.15) is 15.9 Å². The number of carbonyl (C=O) groups is 1. The van der Waals surface area contributed by atoms with Crippen molar-refractivity contribution in [3.05, 3.63) is 71.8 Å². The minimum atomic E-state index is -4.40. The first-order valence-corrected chi connectivity index (χ1v) is 10.4. The van der Waals surface area contributed by atoms with Crippen LogP contribution >= 0.6 is 0 Å². The maximum atomic E-state index is 14.0. The summed E-state index contributed by atoms with van der Waals surface area (Å²) in [7, 11) is 1.36. The van der Waals surface area contributed by atoms with E-state index in [9.17, 15) is 22.4 Å². The lowest BCUT2D eigenvalue weighted by molar-refractivity contribution is -0.137. The molecule has 0 aliphatic carbocycles. The summed E-state index contributed by atoms with van der Waals surface area (Å²) in [6.45, 7) is 1.83. The third-order valence-electron chi connectivity index (χ3n) is 5.43. The number of piperazine rings is 1. The standard InChI is InChI=1S/C23H21F4N5O2/c1-34-19-7-2-15(12-18(19)24)22(33)32-10-8-31(9-11-32)21-13-20(28-14-29-21)30-17-5-3-16(4-6-17)23(25,26)27/h2-7,12-14H,8-11H2,1H3,(H,28,29,30). The molecule has 1 aromatic heterocycles. The Morgan fingerprint density at radius 3 is 2.32 bits per heavy atom. The fourth-order valence-corrected chi connectivity index (χ4v) is 3.60. The van der Waals surface area contributed by atoms with Crippen molar-refractivity contribution >= 4 is 23.2 Å². The summed E-state index contributed by atoms with van der Waals surface area (Å²) in [4.78, 5) is 24.7. The molecular formula is C23H21F4N5O2. The Morgan fingerprint density at radius 2 is 1.71 bits per heavy atom. The number of amides is 1. The Labute approximate surface area is 193 Å². The van der Waals surface area contributed by atoms with E-state index < -0.39 is 17.6 Å². The number of ether oxygens (including phenoxy) is 1. The van der Waals surface area contributed by atoms with Gasteiger partial charge in [0.05, 0.1) is 12.7 Å². The molecule has 3 aromatic rings. The molecule has 0 radical (unpaired) electrons. The zero-order chi connectivity index (χ0) is 24.3. The van der Waals surface area contributed by atoms with E-state index in [1.165, 1.54) is 37.7 Å². The molecular weight excluding hydrogens is 454 g/mol. The van der Waals surface area contributed by atoms with Gasteiger partial charge in [-0.3, -0.25) is 4.79 Å². The molecule has 11 heteroatoms. The van der Waals surface area contributed by atoms with Gasteiger partial charge in [-0.25, -0.2) is 14.4 Å². The molecule has 1 aliphatic heterocycles. The summed E-state index contributed by atoms with van der Waals surface area (Å²) in [6, 6.07) is 10.5. The number of rotatable bonds is 5. The zero-order valence-electron chi connectivity index (χ0n) is 18.1. The highest BCUT2D eigenvalue weighted by atomic mass is 19.4. The van der Waals surface area contributed by atoms with Crippen molar-refractivity contribution in [1.29, 1.82) is 0 Å². The van der Waals surface area contributed by atoms with E-state index in [0.29, 0.717) is 43.5 Å². The average Bonchev–Trinajstić information content (AvgIpc) is 2.83. The van der Waals surface area contributed by atoms with Crippen molar-refractivity contribution in [3.8, 4) is 5.75 Å². The Bertz CT molecular complexity index is 1160. The second-order valence-electron chi connectivity index (χ2n) is 7.59. The Hall–Kier alpha value is -3.89. The van der Waals surface area contributed by atoms with E-state index in [1.54, 1.807) is 11.0 Å². The molecule has 178 valence electrons. The second kappa shape index (κ2) is 9.54. The molecule has 1 N–H and O–H groups in total. The lowest BCUT2D eigenvalue weighted by atomic mass is 10.1. The van der Waals surface area contributed by atoms with E-state index in [0.717, 1.165) is 18.2 Å². The number of hydrogen-bond acceptors (Lipinski definition) is 6. The summed E-state index contributed by atoms with van der Waals surface area (Å²) in [5, 5.41) is 2.97. The van der Waals surface area contributed by atoms with Crippen molar-refractivity contribution in [3.63, 3.8) is 0 Å². The van der Waals surface area contributed by atoms with Crippen LogP contribution in [0.2, 0.25) is 0 Å². The van der Waals surface area contributed by atoms with E-state index >= 15 is 0 Å². The summed E-state index contributed by atoms with van der Waals surface area (Å²) >= 11 is 0. The van der Waals surface area contributed by atoms with Gasteiger partial charge in [0.1, 0.15) is 18.0 Å². The maximum Gasteiger partial charge on any atom is 0.416 e. The third kappa shape index (κ3) is 5.19. The average molecular weight is 475 g/mol. The van der Waals surface area contributed by atoms with E-state index in [4.69, 9.17) is 4.74 Å². The first-order chi connectivity index (χ1) is 16.2. The lowest BCUT2D eigenvalue weighted by Gasteiger charge is -2.35. The van der Waals surface area contributed by atoms with Crippen molar-refractivity contribution in [1.82, 2.24) is 14.9 Å². The highest BCUT2D eigenvalue weighted by Crippen LogP contribution is 2.30. The van der Waals surface area contributed by atoms with Crippen LogP contribution in [0.4, 0.5) is 34.9 Å². The molecule has 0 unspecified atom stereocenters. The van der Waals surface area contributed by atoms with Gasteiger partial charge in [-0.1, -0.05) is 0 Å². The van der Waals surface area contributed by atoms with Crippen LogP contribution in [-0.2, 0) is 6.18 Å². The summed E-state index contributed by atoms with van der Waals surface area (Å²) in [6.07, 6.45) is -3.04. The fraction of sp³-hybridized carbons (Fsp3) is 0.261. The van der Waals surface area contributed by atoms with Gasteiger partial charge in [0.2, 0.25) is 0 Å². The van der Waals surface area contributed by atoms with Crippen molar-refractivity contribution in [2.24, 2.45) is 0 Å². The van der Waals surface area contributed by atoms with Gasteiger partial charge in [0.25, 0.3) is 5.91 Å². The second-order valence-corrected chi connectivity index (χ2v) is 7.59. The number of nitrogens with one attached hydrogen (secondary N) is 1. The van der Waals surface area contributed by atoms with E-state index in [2.05, 4.69) is 15.3 Å². The van der Waals surface area contributed by atoms with Gasteiger partial charge in [-0.05, 0) is 42.5 Å². The van der Waals surface area contributed by atoms with E-state index in [-0.39, 0.29) is 17.2 Å². The molecule has 0 bridgehead atoms. The number of alkyl halides is 3. The molecule has 0 saturated carbocycles. The molecule has 1 fully saturated rings. The van der Waals surface area contributed by atoms with E-state index in [1.807, 2.05) is 4.90 Å².